The molecule has 1 heterocycles. The van der Waals surface area contributed by atoms with E-state index in [0.29, 0.717) is 39.0 Å². The standard InChI is InChI=1S/C17H23NO4/c1-18(11-5-8-15(19)20)16(21)17(9-12-22-13-10-17)14-6-3-2-4-7-14/h2-4,6-7H,5,8-13H2,1H3,(H,19,20). The average molecular weight is 305 g/mol. The molecule has 0 bridgehead atoms. The molecule has 0 radical (unpaired) electrons. The van der Waals surface area contributed by atoms with Crippen molar-refractivity contribution in [1.82, 2.24) is 4.90 Å². The maximum Gasteiger partial charge on any atom is 0.303 e. The number of aliphatic carboxylic acids is 1. The van der Waals surface area contributed by atoms with E-state index in [-0.39, 0.29) is 12.3 Å². The Kier molecular flexibility index (Phi) is 5.55. The molecule has 1 saturated heterocycles. The zero-order chi connectivity index (χ0) is 16.0. The zero-order valence-corrected chi connectivity index (χ0v) is 13.0. The number of carbonyl (C=O) groups excluding carboxylic acids is 1. The van der Waals surface area contributed by atoms with Gasteiger partial charge in [-0.05, 0) is 24.8 Å². The number of carbonyl (C=O) groups is 2. The maximum absolute atomic E-state index is 13.0. The van der Waals surface area contributed by atoms with Crippen LogP contribution in [0.1, 0.15) is 31.2 Å². The molecule has 1 aromatic carbocycles. The van der Waals surface area contributed by atoms with Crippen LogP contribution in [-0.4, -0.2) is 48.7 Å². The van der Waals surface area contributed by atoms with Gasteiger partial charge in [-0.3, -0.25) is 9.59 Å². The van der Waals surface area contributed by atoms with Gasteiger partial charge in [0.1, 0.15) is 0 Å². The SMILES string of the molecule is CN(CCCC(=O)O)C(=O)C1(c2ccccc2)CCOCC1. The monoisotopic (exact) mass is 305 g/mol. The number of hydrogen-bond acceptors (Lipinski definition) is 3. The Morgan fingerprint density at radius 3 is 2.45 bits per heavy atom. The molecular weight excluding hydrogens is 282 g/mol. The van der Waals surface area contributed by atoms with Crippen molar-refractivity contribution in [2.75, 3.05) is 26.8 Å². The van der Waals surface area contributed by atoms with Crippen LogP contribution in [0, 0.1) is 0 Å². The van der Waals surface area contributed by atoms with E-state index in [9.17, 15) is 9.59 Å². The molecule has 0 unspecified atom stereocenters. The van der Waals surface area contributed by atoms with Gasteiger partial charge in [-0.15, -0.1) is 0 Å². The van der Waals surface area contributed by atoms with Gasteiger partial charge in [0.05, 0.1) is 5.41 Å². The van der Waals surface area contributed by atoms with Gasteiger partial charge in [0.15, 0.2) is 0 Å². The van der Waals surface area contributed by atoms with Gasteiger partial charge in [-0.25, -0.2) is 0 Å². The number of amides is 1. The number of ether oxygens (including phenoxy) is 1. The van der Waals surface area contributed by atoms with Crippen molar-refractivity contribution in [3.05, 3.63) is 35.9 Å². The molecular formula is C17H23NO4. The molecule has 0 aliphatic carbocycles. The number of carboxylic acids is 1. The van der Waals surface area contributed by atoms with Crippen molar-refractivity contribution in [2.45, 2.75) is 31.1 Å². The zero-order valence-electron chi connectivity index (χ0n) is 13.0. The van der Waals surface area contributed by atoms with Crippen molar-refractivity contribution in [1.29, 1.82) is 0 Å². The van der Waals surface area contributed by atoms with E-state index < -0.39 is 11.4 Å². The fourth-order valence-corrected chi connectivity index (χ4v) is 3.04. The topological polar surface area (TPSA) is 66.8 Å². The molecule has 1 aromatic rings. The van der Waals surface area contributed by atoms with Crippen molar-refractivity contribution in [3.63, 3.8) is 0 Å². The van der Waals surface area contributed by atoms with E-state index in [2.05, 4.69) is 0 Å². The Morgan fingerprint density at radius 1 is 1.23 bits per heavy atom. The predicted octanol–water partition coefficient (Wildman–Crippen LogP) is 2.06. The molecule has 1 aliphatic rings. The summed E-state index contributed by atoms with van der Waals surface area (Å²) in [6, 6.07) is 9.83. The first-order chi connectivity index (χ1) is 10.6. The summed E-state index contributed by atoms with van der Waals surface area (Å²) < 4.78 is 5.44. The molecule has 1 fully saturated rings. The van der Waals surface area contributed by atoms with Gasteiger partial charge in [0.2, 0.25) is 5.91 Å². The lowest BCUT2D eigenvalue weighted by Gasteiger charge is -2.39. The third-order valence-corrected chi connectivity index (χ3v) is 4.31. The number of carboxylic acid groups (broad SMARTS) is 1. The minimum absolute atomic E-state index is 0.0624. The lowest BCUT2D eigenvalue weighted by molar-refractivity contribution is -0.141. The van der Waals surface area contributed by atoms with Crippen molar-refractivity contribution < 1.29 is 19.4 Å². The molecule has 2 rings (SSSR count). The Bertz CT molecular complexity index is 509. The number of rotatable bonds is 6. The van der Waals surface area contributed by atoms with Crippen LogP contribution >= 0.6 is 0 Å². The fourth-order valence-electron chi connectivity index (χ4n) is 3.04. The number of benzene rings is 1. The van der Waals surface area contributed by atoms with Gasteiger partial charge in [0, 0.05) is 33.2 Å². The van der Waals surface area contributed by atoms with Crippen LogP contribution in [0.4, 0.5) is 0 Å². The molecule has 0 saturated carbocycles. The molecule has 1 aliphatic heterocycles. The summed E-state index contributed by atoms with van der Waals surface area (Å²) in [5.74, 6) is -0.767. The first kappa shape index (κ1) is 16.5. The minimum Gasteiger partial charge on any atom is -0.481 e. The highest BCUT2D eigenvalue weighted by atomic mass is 16.5. The summed E-state index contributed by atoms with van der Waals surface area (Å²) in [5.41, 5.74) is 0.477. The minimum atomic E-state index is -0.829. The van der Waals surface area contributed by atoms with Crippen LogP contribution in [0.25, 0.3) is 0 Å². The van der Waals surface area contributed by atoms with E-state index >= 15 is 0 Å². The predicted molar refractivity (Wildman–Crippen MR) is 82.7 cm³/mol. The molecule has 0 aromatic heterocycles. The first-order valence-corrected chi connectivity index (χ1v) is 7.67. The van der Waals surface area contributed by atoms with Gasteiger partial charge in [-0.2, -0.15) is 0 Å². The Hall–Kier alpha value is -1.88. The highest BCUT2D eigenvalue weighted by Crippen LogP contribution is 2.36. The summed E-state index contributed by atoms with van der Waals surface area (Å²) in [7, 11) is 1.75. The quantitative estimate of drug-likeness (QED) is 0.873. The molecule has 5 heteroatoms. The average Bonchev–Trinajstić information content (AvgIpc) is 2.55. The third kappa shape index (κ3) is 3.65. The highest BCUT2D eigenvalue weighted by molar-refractivity contribution is 5.88. The summed E-state index contributed by atoms with van der Waals surface area (Å²) in [5, 5.41) is 8.72. The molecule has 120 valence electrons. The van der Waals surface area contributed by atoms with Crippen LogP contribution in [-0.2, 0) is 19.7 Å². The Balaban J connectivity index is 2.15. The van der Waals surface area contributed by atoms with Crippen LogP contribution in [0.3, 0.4) is 0 Å². The number of nitrogens with zero attached hydrogens (tertiary/aromatic N) is 1. The lowest BCUT2D eigenvalue weighted by Crippen LogP contribution is -2.49. The van der Waals surface area contributed by atoms with E-state index in [4.69, 9.17) is 9.84 Å². The fraction of sp³-hybridized carbons (Fsp3) is 0.529. The van der Waals surface area contributed by atoms with Gasteiger partial charge >= 0.3 is 5.97 Å². The van der Waals surface area contributed by atoms with Crippen LogP contribution < -0.4 is 0 Å². The van der Waals surface area contributed by atoms with E-state index in [1.165, 1.54) is 0 Å². The Labute approximate surface area is 130 Å². The molecule has 0 atom stereocenters. The largest absolute Gasteiger partial charge is 0.481 e. The Morgan fingerprint density at radius 2 is 1.86 bits per heavy atom. The normalized spacial score (nSPS) is 17.0. The summed E-state index contributed by atoms with van der Waals surface area (Å²) in [4.78, 5) is 25.3. The van der Waals surface area contributed by atoms with Crippen molar-refractivity contribution >= 4 is 11.9 Å². The van der Waals surface area contributed by atoms with E-state index in [0.717, 1.165) is 5.56 Å². The second kappa shape index (κ2) is 7.40. The molecule has 22 heavy (non-hydrogen) atoms. The second-order valence-corrected chi connectivity index (χ2v) is 5.78. The summed E-state index contributed by atoms with van der Waals surface area (Å²) >= 11 is 0. The van der Waals surface area contributed by atoms with Crippen molar-refractivity contribution in [3.8, 4) is 0 Å². The van der Waals surface area contributed by atoms with Crippen molar-refractivity contribution in [2.24, 2.45) is 0 Å². The van der Waals surface area contributed by atoms with E-state index in [1.807, 2.05) is 30.3 Å². The van der Waals surface area contributed by atoms with Gasteiger partial charge < -0.3 is 14.7 Å². The van der Waals surface area contributed by atoms with Crippen LogP contribution in [0.15, 0.2) is 30.3 Å². The molecule has 1 amide bonds. The second-order valence-electron chi connectivity index (χ2n) is 5.78. The highest BCUT2D eigenvalue weighted by Gasteiger charge is 2.43. The van der Waals surface area contributed by atoms with Crippen LogP contribution in [0.2, 0.25) is 0 Å². The van der Waals surface area contributed by atoms with E-state index in [1.54, 1.807) is 11.9 Å². The maximum atomic E-state index is 13.0. The number of hydrogen-bond donors (Lipinski definition) is 1. The third-order valence-electron chi connectivity index (χ3n) is 4.31. The van der Waals surface area contributed by atoms with Gasteiger partial charge in [-0.1, -0.05) is 30.3 Å². The summed E-state index contributed by atoms with van der Waals surface area (Å²) in [6.07, 6.45) is 1.89. The summed E-state index contributed by atoms with van der Waals surface area (Å²) in [6.45, 7) is 1.60. The van der Waals surface area contributed by atoms with Gasteiger partial charge in [0.25, 0.3) is 0 Å². The molecule has 5 nitrogen and oxygen atoms in total. The first-order valence-electron chi connectivity index (χ1n) is 7.67. The number of likely N-dealkylation sites (N-methyl/N-ethyl adjacent to an activating group) is 1. The van der Waals surface area contributed by atoms with Crippen LogP contribution in [0.5, 0.6) is 0 Å². The molecule has 1 N–H and O–H groups in total. The lowest BCUT2D eigenvalue weighted by atomic mass is 9.73. The molecule has 0 spiro atoms. The smallest absolute Gasteiger partial charge is 0.303 e.